The summed E-state index contributed by atoms with van der Waals surface area (Å²) in [7, 11) is 0. The summed E-state index contributed by atoms with van der Waals surface area (Å²) in [6.45, 7) is 0.911. The zero-order valence-corrected chi connectivity index (χ0v) is 17.8. The highest BCUT2D eigenvalue weighted by molar-refractivity contribution is 7.99. The summed E-state index contributed by atoms with van der Waals surface area (Å²) < 4.78 is 1.66. The Morgan fingerprint density at radius 3 is 2.68 bits per heavy atom. The Morgan fingerprint density at radius 2 is 1.87 bits per heavy atom. The largest absolute Gasteiger partial charge is 0.390 e. The van der Waals surface area contributed by atoms with Gasteiger partial charge in [0.1, 0.15) is 6.54 Å². The van der Waals surface area contributed by atoms with Crippen LogP contribution in [0, 0.1) is 0 Å². The molecule has 0 spiro atoms. The number of carbonyl (C=O) groups is 2. The van der Waals surface area contributed by atoms with Gasteiger partial charge in [-0.3, -0.25) is 9.59 Å². The molecule has 31 heavy (non-hydrogen) atoms. The minimum absolute atomic E-state index is 0.00331. The summed E-state index contributed by atoms with van der Waals surface area (Å²) in [6, 6.07) is 17.6. The second kappa shape index (κ2) is 9.80. The van der Waals surface area contributed by atoms with Crippen LogP contribution in [-0.2, 0) is 35.7 Å². The first-order valence-corrected chi connectivity index (χ1v) is 11.1. The van der Waals surface area contributed by atoms with E-state index in [2.05, 4.69) is 10.3 Å². The lowest BCUT2D eigenvalue weighted by molar-refractivity contribution is -0.122. The van der Waals surface area contributed by atoms with Crippen molar-refractivity contribution >= 4 is 29.3 Å². The average molecular weight is 437 g/mol. The SMILES string of the molecule is O=C(Cn1c(CO)cnc1SCC(=O)N1CCc2ccccc21)NCc1ccccc1. The predicted octanol–water partition coefficient (Wildman–Crippen LogP) is 2.37. The molecular weight excluding hydrogens is 412 g/mol. The molecule has 0 saturated heterocycles. The predicted molar refractivity (Wildman–Crippen MR) is 120 cm³/mol. The van der Waals surface area contributed by atoms with E-state index >= 15 is 0 Å². The first-order chi connectivity index (χ1) is 15.2. The topological polar surface area (TPSA) is 87.5 Å². The van der Waals surface area contributed by atoms with E-state index < -0.39 is 0 Å². The van der Waals surface area contributed by atoms with E-state index in [1.165, 1.54) is 17.3 Å². The molecule has 1 aliphatic heterocycles. The molecule has 4 rings (SSSR count). The number of hydrogen-bond acceptors (Lipinski definition) is 5. The van der Waals surface area contributed by atoms with Crippen molar-refractivity contribution in [3.05, 3.63) is 77.6 Å². The summed E-state index contributed by atoms with van der Waals surface area (Å²) in [6.07, 6.45) is 2.40. The van der Waals surface area contributed by atoms with Crippen molar-refractivity contribution in [3.8, 4) is 0 Å². The van der Waals surface area contributed by atoms with E-state index in [0.29, 0.717) is 23.9 Å². The normalized spacial score (nSPS) is 12.6. The minimum atomic E-state index is -0.229. The van der Waals surface area contributed by atoms with E-state index in [9.17, 15) is 14.7 Å². The summed E-state index contributed by atoms with van der Waals surface area (Å²) in [5.41, 5.74) is 3.69. The van der Waals surface area contributed by atoms with Crippen LogP contribution in [0.2, 0.25) is 0 Å². The number of anilines is 1. The van der Waals surface area contributed by atoms with Gasteiger partial charge in [0.05, 0.1) is 24.3 Å². The number of aromatic nitrogens is 2. The Balaban J connectivity index is 1.37. The van der Waals surface area contributed by atoms with Gasteiger partial charge in [-0.25, -0.2) is 4.98 Å². The van der Waals surface area contributed by atoms with Gasteiger partial charge in [0.2, 0.25) is 11.8 Å². The zero-order chi connectivity index (χ0) is 21.6. The summed E-state index contributed by atoms with van der Waals surface area (Å²) in [5.74, 6) is 0.0313. The molecule has 0 unspecified atom stereocenters. The second-order valence-electron chi connectivity index (χ2n) is 7.25. The number of carbonyl (C=O) groups excluding carboxylic acids is 2. The fourth-order valence-corrected chi connectivity index (χ4v) is 4.47. The van der Waals surface area contributed by atoms with Crippen molar-refractivity contribution in [1.29, 1.82) is 0 Å². The molecule has 160 valence electrons. The number of thioether (sulfide) groups is 1. The highest BCUT2D eigenvalue weighted by Gasteiger charge is 2.24. The van der Waals surface area contributed by atoms with Crippen LogP contribution in [0.3, 0.4) is 0 Å². The molecule has 3 aromatic rings. The summed E-state index contributed by atoms with van der Waals surface area (Å²) in [4.78, 5) is 31.4. The van der Waals surface area contributed by atoms with E-state index in [4.69, 9.17) is 0 Å². The van der Waals surface area contributed by atoms with Gasteiger partial charge in [-0.1, -0.05) is 60.3 Å². The number of para-hydroxylation sites is 1. The van der Waals surface area contributed by atoms with Gasteiger partial charge in [0.25, 0.3) is 0 Å². The molecule has 8 heteroatoms. The van der Waals surface area contributed by atoms with Gasteiger partial charge in [0, 0.05) is 18.8 Å². The molecule has 0 fully saturated rings. The smallest absolute Gasteiger partial charge is 0.240 e. The van der Waals surface area contributed by atoms with Crippen LogP contribution >= 0.6 is 11.8 Å². The van der Waals surface area contributed by atoms with Crippen molar-refractivity contribution in [1.82, 2.24) is 14.9 Å². The monoisotopic (exact) mass is 436 g/mol. The van der Waals surface area contributed by atoms with Gasteiger partial charge in [-0.15, -0.1) is 0 Å². The second-order valence-corrected chi connectivity index (χ2v) is 8.19. The number of aliphatic hydroxyl groups is 1. The molecule has 0 aliphatic carbocycles. The van der Waals surface area contributed by atoms with Crippen molar-refractivity contribution < 1.29 is 14.7 Å². The number of amides is 2. The lowest BCUT2D eigenvalue weighted by Crippen LogP contribution is -2.31. The molecule has 0 atom stereocenters. The number of aliphatic hydroxyl groups excluding tert-OH is 1. The van der Waals surface area contributed by atoms with Crippen molar-refractivity contribution in [2.24, 2.45) is 0 Å². The first kappa shape index (κ1) is 21.1. The third-order valence-electron chi connectivity index (χ3n) is 5.21. The van der Waals surface area contributed by atoms with Crippen LogP contribution in [0.4, 0.5) is 5.69 Å². The molecule has 2 amide bonds. The van der Waals surface area contributed by atoms with E-state index in [0.717, 1.165) is 17.7 Å². The Hall–Kier alpha value is -3.10. The third-order valence-corrected chi connectivity index (χ3v) is 6.19. The Kier molecular flexibility index (Phi) is 6.69. The molecule has 2 heterocycles. The molecule has 1 aliphatic rings. The van der Waals surface area contributed by atoms with Crippen LogP contribution in [-0.4, -0.2) is 38.8 Å². The van der Waals surface area contributed by atoms with Crippen LogP contribution in [0.5, 0.6) is 0 Å². The fourth-order valence-electron chi connectivity index (χ4n) is 3.60. The molecule has 0 saturated carbocycles. The standard InChI is InChI=1S/C23H24N4O3S/c28-15-19-13-25-23(27(19)14-21(29)24-12-17-6-2-1-3-7-17)31-16-22(30)26-11-10-18-8-4-5-9-20(18)26/h1-9,13,28H,10-12,14-16H2,(H,24,29). The van der Waals surface area contributed by atoms with Crippen LogP contribution in [0.25, 0.3) is 0 Å². The van der Waals surface area contributed by atoms with Gasteiger partial charge in [-0.05, 0) is 23.6 Å². The maximum atomic E-state index is 12.8. The number of rotatable bonds is 8. The van der Waals surface area contributed by atoms with Crippen molar-refractivity contribution in [2.75, 3.05) is 17.2 Å². The number of imidazole rings is 1. The highest BCUT2D eigenvalue weighted by Crippen LogP contribution is 2.29. The molecule has 2 aromatic carbocycles. The molecule has 0 radical (unpaired) electrons. The lowest BCUT2D eigenvalue weighted by Gasteiger charge is -2.17. The molecule has 7 nitrogen and oxygen atoms in total. The number of nitrogens with one attached hydrogen (secondary N) is 1. The molecular formula is C23H24N4O3S. The number of nitrogens with zero attached hydrogens (tertiary/aromatic N) is 3. The molecule has 0 bridgehead atoms. The van der Waals surface area contributed by atoms with Gasteiger partial charge < -0.3 is 19.9 Å². The Morgan fingerprint density at radius 1 is 1.10 bits per heavy atom. The highest BCUT2D eigenvalue weighted by atomic mass is 32.2. The van der Waals surface area contributed by atoms with E-state index in [1.54, 1.807) is 15.7 Å². The van der Waals surface area contributed by atoms with Gasteiger partial charge >= 0.3 is 0 Å². The first-order valence-electron chi connectivity index (χ1n) is 10.1. The van der Waals surface area contributed by atoms with E-state index in [-0.39, 0.29) is 30.7 Å². The van der Waals surface area contributed by atoms with Crippen LogP contribution in [0.1, 0.15) is 16.8 Å². The fraction of sp³-hybridized carbons (Fsp3) is 0.261. The zero-order valence-electron chi connectivity index (χ0n) is 17.0. The van der Waals surface area contributed by atoms with Crippen LogP contribution < -0.4 is 10.2 Å². The summed E-state index contributed by atoms with van der Waals surface area (Å²) in [5, 5.41) is 13.1. The Labute approximate surface area is 185 Å². The quantitative estimate of drug-likeness (QED) is 0.530. The van der Waals surface area contributed by atoms with Crippen LogP contribution in [0.15, 0.2) is 66.0 Å². The Bertz CT molecular complexity index is 1070. The van der Waals surface area contributed by atoms with Crippen molar-refractivity contribution in [2.45, 2.75) is 31.3 Å². The van der Waals surface area contributed by atoms with Gasteiger partial charge in [0.15, 0.2) is 5.16 Å². The molecule has 2 N–H and O–H groups in total. The maximum absolute atomic E-state index is 12.8. The average Bonchev–Trinajstić information content (AvgIpc) is 3.40. The third kappa shape index (κ3) is 4.98. The number of fused-ring (bicyclic) bond motifs is 1. The molecule has 1 aromatic heterocycles. The number of benzene rings is 2. The van der Waals surface area contributed by atoms with E-state index in [1.807, 2.05) is 54.6 Å². The van der Waals surface area contributed by atoms with Gasteiger partial charge in [-0.2, -0.15) is 0 Å². The number of hydrogen-bond donors (Lipinski definition) is 2. The lowest BCUT2D eigenvalue weighted by atomic mass is 10.2. The minimum Gasteiger partial charge on any atom is -0.390 e. The maximum Gasteiger partial charge on any atom is 0.240 e. The van der Waals surface area contributed by atoms with Crippen molar-refractivity contribution in [3.63, 3.8) is 0 Å². The summed E-state index contributed by atoms with van der Waals surface area (Å²) >= 11 is 1.28.